The van der Waals surface area contributed by atoms with Crippen LogP contribution in [0.3, 0.4) is 0 Å². The van der Waals surface area contributed by atoms with Gasteiger partial charge in [0.05, 0.1) is 0 Å². The molecule has 7 heteroatoms. The molecule has 0 unspecified atom stereocenters. The zero-order chi connectivity index (χ0) is 11.8. The third kappa shape index (κ3) is 2.98. The highest BCUT2D eigenvalue weighted by atomic mass is 35.5. The van der Waals surface area contributed by atoms with Crippen molar-refractivity contribution in [3.8, 4) is 0 Å². The Kier molecular flexibility index (Phi) is 2.92. The molecule has 2 rings (SSSR count). The highest BCUT2D eigenvalue weighted by molar-refractivity contribution is 6.29. The molecule has 0 amide bonds. The van der Waals surface area contributed by atoms with Crippen LogP contribution >= 0.6 is 11.6 Å². The van der Waals surface area contributed by atoms with Crippen molar-refractivity contribution in [1.82, 2.24) is 9.97 Å². The topological polar surface area (TPSA) is 29.0 Å². The molecule has 0 atom stereocenters. The smallest absolute Gasteiger partial charge is 0.344 e. The van der Waals surface area contributed by atoms with E-state index in [1.165, 1.54) is 17.3 Å². The first-order valence-electron chi connectivity index (χ1n) is 4.76. The summed E-state index contributed by atoms with van der Waals surface area (Å²) in [6.07, 6.45) is -1.54. The Morgan fingerprint density at radius 2 is 2.06 bits per heavy atom. The van der Waals surface area contributed by atoms with Crippen LogP contribution in [0.5, 0.6) is 0 Å². The monoisotopic (exact) mass is 251 g/mol. The van der Waals surface area contributed by atoms with Crippen LogP contribution in [0.15, 0.2) is 12.4 Å². The Balaban J connectivity index is 2.19. The van der Waals surface area contributed by atoms with Gasteiger partial charge in [0.1, 0.15) is 23.8 Å². The summed E-state index contributed by atoms with van der Waals surface area (Å²) in [6.45, 7) is -0.995. The number of halogens is 4. The lowest BCUT2D eigenvalue weighted by Crippen LogP contribution is -2.36. The number of anilines is 1. The van der Waals surface area contributed by atoms with Crippen LogP contribution in [0.4, 0.5) is 19.0 Å². The molecule has 0 saturated heterocycles. The van der Waals surface area contributed by atoms with Crippen LogP contribution in [0.1, 0.15) is 12.8 Å². The molecule has 1 aromatic heterocycles. The first-order chi connectivity index (χ1) is 7.46. The maximum atomic E-state index is 12.4. The Bertz CT molecular complexity index is 379. The van der Waals surface area contributed by atoms with Crippen molar-refractivity contribution in [2.24, 2.45) is 0 Å². The minimum absolute atomic E-state index is 0.0763. The first kappa shape index (κ1) is 11.4. The lowest BCUT2D eigenvalue weighted by molar-refractivity contribution is -0.120. The molecule has 0 aromatic carbocycles. The van der Waals surface area contributed by atoms with Crippen LogP contribution in [-0.4, -0.2) is 28.7 Å². The predicted molar refractivity (Wildman–Crippen MR) is 53.5 cm³/mol. The van der Waals surface area contributed by atoms with E-state index in [4.69, 9.17) is 11.6 Å². The van der Waals surface area contributed by atoms with Gasteiger partial charge in [-0.25, -0.2) is 9.97 Å². The van der Waals surface area contributed by atoms with E-state index in [9.17, 15) is 13.2 Å². The van der Waals surface area contributed by atoms with E-state index in [2.05, 4.69) is 9.97 Å². The summed E-state index contributed by atoms with van der Waals surface area (Å²) in [6, 6.07) is 1.28. The highest BCUT2D eigenvalue weighted by Gasteiger charge is 2.38. The minimum atomic E-state index is -4.24. The van der Waals surface area contributed by atoms with Gasteiger partial charge in [0.2, 0.25) is 0 Å². The minimum Gasteiger partial charge on any atom is -0.344 e. The molecule has 16 heavy (non-hydrogen) atoms. The van der Waals surface area contributed by atoms with Crippen LogP contribution in [-0.2, 0) is 0 Å². The zero-order valence-corrected chi connectivity index (χ0v) is 8.96. The summed E-state index contributed by atoms with van der Waals surface area (Å²) in [4.78, 5) is 8.69. The second-order valence-electron chi connectivity index (χ2n) is 3.67. The maximum absolute atomic E-state index is 12.4. The van der Waals surface area contributed by atoms with Crippen LogP contribution < -0.4 is 4.90 Å². The number of nitrogens with zero attached hydrogens (tertiary/aromatic N) is 3. The highest BCUT2D eigenvalue weighted by Crippen LogP contribution is 2.33. The molecule has 1 aliphatic rings. The van der Waals surface area contributed by atoms with Gasteiger partial charge in [0, 0.05) is 12.1 Å². The van der Waals surface area contributed by atoms with Crippen molar-refractivity contribution in [2.75, 3.05) is 11.4 Å². The lowest BCUT2D eigenvalue weighted by atomic mass is 10.4. The number of alkyl halides is 3. The Hall–Kier alpha value is -1.04. The Labute approximate surface area is 95.2 Å². The summed E-state index contributed by atoms with van der Waals surface area (Å²) in [7, 11) is 0. The van der Waals surface area contributed by atoms with Crippen LogP contribution in [0, 0.1) is 0 Å². The van der Waals surface area contributed by atoms with E-state index in [0.717, 1.165) is 12.8 Å². The fourth-order valence-electron chi connectivity index (χ4n) is 1.46. The van der Waals surface area contributed by atoms with Crippen molar-refractivity contribution in [1.29, 1.82) is 0 Å². The van der Waals surface area contributed by atoms with E-state index < -0.39 is 12.7 Å². The summed E-state index contributed by atoms with van der Waals surface area (Å²) >= 11 is 5.63. The summed E-state index contributed by atoms with van der Waals surface area (Å²) in [5.41, 5.74) is 0. The Morgan fingerprint density at radius 1 is 1.38 bits per heavy atom. The van der Waals surface area contributed by atoms with Crippen molar-refractivity contribution < 1.29 is 13.2 Å². The second kappa shape index (κ2) is 4.08. The predicted octanol–water partition coefficient (Wildman–Crippen LogP) is 2.66. The standard InChI is InChI=1S/C9H9ClF3N3/c10-7-3-8(15-5-14-7)16(6-1-2-6)4-9(11,12)13/h3,5-6H,1-2,4H2. The maximum Gasteiger partial charge on any atom is 0.405 e. The molecule has 88 valence electrons. The third-order valence-electron chi connectivity index (χ3n) is 2.25. The average molecular weight is 252 g/mol. The quantitative estimate of drug-likeness (QED) is 0.774. The van der Waals surface area contributed by atoms with Crippen molar-refractivity contribution in [2.45, 2.75) is 25.1 Å². The van der Waals surface area contributed by atoms with E-state index in [-0.39, 0.29) is 17.0 Å². The first-order valence-corrected chi connectivity index (χ1v) is 5.14. The molecule has 0 N–H and O–H groups in total. The van der Waals surface area contributed by atoms with Gasteiger partial charge in [-0.05, 0) is 12.8 Å². The molecular weight excluding hydrogens is 243 g/mol. The third-order valence-corrected chi connectivity index (χ3v) is 2.46. The summed E-state index contributed by atoms with van der Waals surface area (Å²) in [5, 5.41) is 0.151. The molecule has 1 aromatic rings. The summed E-state index contributed by atoms with van der Waals surface area (Å²) in [5.74, 6) is 0.236. The molecule has 1 fully saturated rings. The molecule has 0 spiro atoms. The molecule has 1 heterocycles. The van der Waals surface area contributed by atoms with Crippen molar-refractivity contribution in [3.05, 3.63) is 17.5 Å². The largest absolute Gasteiger partial charge is 0.405 e. The molecule has 0 bridgehead atoms. The van der Waals surface area contributed by atoms with Gasteiger partial charge in [-0.1, -0.05) is 11.6 Å². The molecular formula is C9H9ClF3N3. The normalized spacial score (nSPS) is 16.2. The molecule has 0 radical (unpaired) electrons. The fourth-order valence-corrected chi connectivity index (χ4v) is 1.60. The molecule has 1 saturated carbocycles. The number of hydrogen-bond donors (Lipinski definition) is 0. The van der Waals surface area contributed by atoms with Gasteiger partial charge in [-0.2, -0.15) is 13.2 Å². The number of rotatable bonds is 3. The van der Waals surface area contributed by atoms with Gasteiger partial charge in [0.15, 0.2) is 0 Å². The van der Waals surface area contributed by atoms with Gasteiger partial charge < -0.3 is 4.90 Å². The second-order valence-corrected chi connectivity index (χ2v) is 4.06. The lowest BCUT2D eigenvalue weighted by Gasteiger charge is -2.24. The zero-order valence-electron chi connectivity index (χ0n) is 8.21. The van der Waals surface area contributed by atoms with E-state index in [1.807, 2.05) is 0 Å². The van der Waals surface area contributed by atoms with Gasteiger partial charge in [-0.15, -0.1) is 0 Å². The van der Waals surface area contributed by atoms with Crippen LogP contribution in [0.25, 0.3) is 0 Å². The molecule has 0 aliphatic heterocycles. The SMILES string of the molecule is FC(F)(F)CN(c1cc(Cl)ncn1)C1CC1. The number of aromatic nitrogens is 2. The molecule has 1 aliphatic carbocycles. The van der Waals surface area contributed by atoms with Crippen LogP contribution in [0.2, 0.25) is 5.15 Å². The Morgan fingerprint density at radius 3 is 2.56 bits per heavy atom. The van der Waals surface area contributed by atoms with Crippen molar-refractivity contribution >= 4 is 17.4 Å². The van der Waals surface area contributed by atoms with Gasteiger partial charge in [0.25, 0.3) is 0 Å². The van der Waals surface area contributed by atoms with Gasteiger partial charge in [-0.3, -0.25) is 0 Å². The van der Waals surface area contributed by atoms with E-state index >= 15 is 0 Å². The molecule has 3 nitrogen and oxygen atoms in total. The van der Waals surface area contributed by atoms with E-state index in [1.54, 1.807) is 0 Å². The fraction of sp³-hybridized carbons (Fsp3) is 0.556. The van der Waals surface area contributed by atoms with Crippen molar-refractivity contribution in [3.63, 3.8) is 0 Å². The van der Waals surface area contributed by atoms with Gasteiger partial charge >= 0.3 is 6.18 Å². The van der Waals surface area contributed by atoms with E-state index in [0.29, 0.717) is 0 Å². The summed E-state index contributed by atoms with van der Waals surface area (Å²) < 4.78 is 37.1. The number of hydrogen-bond acceptors (Lipinski definition) is 3. The average Bonchev–Trinajstić information content (AvgIpc) is 2.96.